The normalized spacial score (nSPS) is 31.4. The molecule has 0 aliphatic carbocycles. The summed E-state index contributed by atoms with van der Waals surface area (Å²) >= 11 is 0. The van der Waals surface area contributed by atoms with Gasteiger partial charge in [0.1, 0.15) is 5.82 Å². The van der Waals surface area contributed by atoms with Crippen molar-refractivity contribution in [1.29, 1.82) is 0 Å². The van der Waals surface area contributed by atoms with Crippen LogP contribution in [0.2, 0.25) is 0 Å². The first-order valence-corrected chi connectivity index (χ1v) is 7.14. The van der Waals surface area contributed by atoms with E-state index in [4.69, 9.17) is 10.5 Å². The van der Waals surface area contributed by atoms with Crippen LogP contribution in [0.25, 0.3) is 0 Å². The third-order valence-electron chi connectivity index (χ3n) is 4.66. The van der Waals surface area contributed by atoms with Crippen molar-refractivity contribution in [2.45, 2.75) is 50.5 Å². The van der Waals surface area contributed by atoms with Crippen LogP contribution in [0.1, 0.15) is 45.1 Å². The van der Waals surface area contributed by atoms with Crippen molar-refractivity contribution in [3.05, 3.63) is 35.6 Å². The minimum absolute atomic E-state index is 0.0157. The molecule has 0 bridgehead atoms. The van der Waals surface area contributed by atoms with Crippen molar-refractivity contribution >= 4 is 0 Å². The van der Waals surface area contributed by atoms with Gasteiger partial charge < -0.3 is 10.5 Å². The first-order valence-electron chi connectivity index (χ1n) is 7.14. The molecule has 1 fully saturated rings. The standard InChI is InChI=1S/C16H24FNO/c1-3-15(2)8-9-16(10-11-18,12-19-15)13-4-6-14(17)7-5-13/h4-7H,3,8-12,18H2,1-2H3/t15-,16-/m1/s1. The summed E-state index contributed by atoms with van der Waals surface area (Å²) in [5.41, 5.74) is 6.87. The molecule has 1 heterocycles. The maximum Gasteiger partial charge on any atom is 0.123 e. The molecule has 0 spiro atoms. The summed E-state index contributed by atoms with van der Waals surface area (Å²) in [5.74, 6) is -0.193. The number of hydrogen-bond acceptors (Lipinski definition) is 2. The molecule has 2 rings (SSSR count). The molecule has 2 N–H and O–H groups in total. The average molecular weight is 265 g/mol. The summed E-state index contributed by atoms with van der Waals surface area (Å²) in [7, 11) is 0. The predicted molar refractivity (Wildman–Crippen MR) is 75.6 cm³/mol. The van der Waals surface area contributed by atoms with E-state index in [0.29, 0.717) is 13.2 Å². The Morgan fingerprint density at radius 1 is 1.26 bits per heavy atom. The van der Waals surface area contributed by atoms with Crippen LogP contribution in [0, 0.1) is 5.82 Å². The fourth-order valence-corrected chi connectivity index (χ4v) is 2.89. The molecule has 1 saturated heterocycles. The molecule has 19 heavy (non-hydrogen) atoms. The zero-order chi connectivity index (χ0) is 13.9. The lowest BCUT2D eigenvalue weighted by molar-refractivity contribution is -0.103. The SMILES string of the molecule is CC[C@]1(C)CC[C@](CCN)(c2ccc(F)cc2)CO1. The summed E-state index contributed by atoms with van der Waals surface area (Å²) in [6.45, 7) is 5.64. The van der Waals surface area contributed by atoms with E-state index in [1.165, 1.54) is 12.1 Å². The first-order chi connectivity index (χ1) is 9.03. The highest BCUT2D eigenvalue weighted by atomic mass is 19.1. The van der Waals surface area contributed by atoms with Crippen LogP contribution in [-0.4, -0.2) is 18.8 Å². The Bertz CT molecular complexity index is 407. The van der Waals surface area contributed by atoms with Gasteiger partial charge in [-0.25, -0.2) is 4.39 Å². The van der Waals surface area contributed by atoms with Crippen LogP contribution >= 0.6 is 0 Å². The average Bonchev–Trinajstić information content (AvgIpc) is 2.43. The maximum absolute atomic E-state index is 13.1. The van der Waals surface area contributed by atoms with Gasteiger partial charge in [0.2, 0.25) is 0 Å². The molecule has 0 aromatic heterocycles. The molecule has 0 saturated carbocycles. The van der Waals surface area contributed by atoms with Crippen molar-refractivity contribution in [3.8, 4) is 0 Å². The molecule has 2 nitrogen and oxygen atoms in total. The van der Waals surface area contributed by atoms with Gasteiger partial charge in [-0.1, -0.05) is 19.1 Å². The summed E-state index contributed by atoms with van der Waals surface area (Å²) in [4.78, 5) is 0. The van der Waals surface area contributed by atoms with Gasteiger partial charge in [0.15, 0.2) is 0 Å². The van der Waals surface area contributed by atoms with Crippen LogP contribution in [0.4, 0.5) is 4.39 Å². The molecule has 1 aromatic carbocycles. The number of benzene rings is 1. The van der Waals surface area contributed by atoms with Crippen LogP contribution < -0.4 is 5.73 Å². The molecule has 106 valence electrons. The summed E-state index contributed by atoms with van der Waals surface area (Å²) in [6, 6.07) is 6.81. The van der Waals surface area contributed by atoms with Crippen LogP contribution in [-0.2, 0) is 10.2 Å². The van der Waals surface area contributed by atoms with Gasteiger partial charge in [0, 0.05) is 5.41 Å². The Labute approximate surface area is 115 Å². The third kappa shape index (κ3) is 2.98. The number of ether oxygens (including phenoxy) is 1. The lowest BCUT2D eigenvalue weighted by atomic mass is 9.70. The van der Waals surface area contributed by atoms with Gasteiger partial charge in [0.05, 0.1) is 12.2 Å². The molecule has 2 atom stereocenters. The second-order valence-corrected chi connectivity index (χ2v) is 5.92. The van der Waals surface area contributed by atoms with E-state index < -0.39 is 0 Å². The lowest BCUT2D eigenvalue weighted by Crippen LogP contribution is -2.46. The van der Waals surface area contributed by atoms with Gasteiger partial charge in [-0.2, -0.15) is 0 Å². The lowest BCUT2D eigenvalue weighted by Gasteiger charge is -2.45. The van der Waals surface area contributed by atoms with Crippen molar-refractivity contribution in [1.82, 2.24) is 0 Å². The molecule has 1 aliphatic heterocycles. The van der Waals surface area contributed by atoms with Gasteiger partial charge in [-0.15, -0.1) is 0 Å². The van der Waals surface area contributed by atoms with Crippen molar-refractivity contribution in [2.75, 3.05) is 13.2 Å². The fourth-order valence-electron chi connectivity index (χ4n) is 2.89. The topological polar surface area (TPSA) is 35.2 Å². The number of rotatable bonds is 4. The van der Waals surface area contributed by atoms with Crippen LogP contribution in [0.15, 0.2) is 24.3 Å². The second-order valence-electron chi connectivity index (χ2n) is 5.92. The van der Waals surface area contributed by atoms with Gasteiger partial charge in [-0.05, 0) is 56.8 Å². The largest absolute Gasteiger partial charge is 0.374 e. The van der Waals surface area contributed by atoms with E-state index in [2.05, 4.69) is 13.8 Å². The predicted octanol–water partition coefficient (Wildman–Crippen LogP) is 3.39. The zero-order valence-corrected chi connectivity index (χ0v) is 11.9. The summed E-state index contributed by atoms with van der Waals surface area (Å²) < 4.78 is 19.2. The number of halogens is 1. The fraction of sp³-hybridized carbons (Fsp3) is 0.625. The molecule has 3 heteroatoms. The van der Waals surface area contributed by atoms with Crippen LogP contribution in [0.5, 0.6) is 0 Å². The van der Waals surface area contributed by atoms with Gasteiger partial charge in [0.25, 0.3) is 0 Å². The Hall–Kier alpha value is -0.930. The Morgan fingerprint density at radius 2 is 1.95 bits per heavy atom. The molecule has 0 amide bonds. The molecule has 0 radical (unpaired) electrons. The molecule has 1 aliphatic rings. The van der Waals surface area contributed by atoms with E-state index in [-0.39, 0.29) is 16.8 Å². The van der Waals surface area contributed by atoms with Gasteiger partial charge in [-0.3, -0.25) is 0 Å². The molecular weight excluding hydrogens is 241 g/mol. The molecule has 0 unspecified atom stereocenters. The Balaban J connectivity index is 2.23. The number of hydrogen-bond donors (Lipinski definition) is 1. The minimum atomic E-state index is -0.193. The van der Waals surface area contributed by atoms with Gasteiger partial charge >= 0.3 is 0 Å². The zero-order valence-electron chi connectivity index (χ0n) is 11.9. The second kappa shape index (κ2) is 5.59. The smallest absolute Gasteiger partial charge is 0.123 e. The van der Waals surface area contributed by atoms with Crippen LogP contribution in [0.3, 0.4) is 0 Å². The summed E-state index contributed by atoms with van der Waals surface area (Å²) in [5, 5.41) is 0. The van der Waals surface area contributed by atoms with E-state index in [1.807, 2.05) is 12.1 Å². The maximum atomic E-state index is 13.1. The van der Waals surface area contributed by atoms with Crippen molar-refractivity contribution in [2.24, 2.45) is 5.73 Å². The van der Waals surface area contributed by atoms with E-state index >= 15 is 0 Å². The highest BCUT2D eigenvalue weighted by Gasteiger charge is 2.41. The van der Waals surface area contributed by atoms with Crippen molar-refractivity contribution in [3.63, 3.8) is 0 Å². The number of nitrogens with two attached hydrogens (primary N) is 1. The highest BCUT2D eigenvalue weighted by molar-refractivity contribution is 5.27. The summed E-state index contributed by atoms with van der Waals surface area (Å²) in [6.07, 6.45) is 3.99. The highest BCUT2D eigenvalue weighted by Crippen LogP contribution is 2.42. The Morgan fingerprint density at radius 3 is 2.42 bits per heavy atom. The Kier molecular flexibility index (Phi) is 4.26. The monoisotopic (exact) mass is 265 g/mol. The van der Waals surface area contributed by atoms with Crippen molar-refractivity contribution < 1.29 is 9.13 Å². The molecule has 1 aromatic rings. The minimum Gasteiger partial charge on any atom is -0.374 e. The third-order valence-corrected chi connectivity index (χ3v) is 4.66. The van der Waals surface area contributed by atoms with E-state index in [0.717, 1.165) is 31.2 Å². The van der Waals surface area contributed by atoms with E-state index in [1.54, 1.807) is 0 Å². The van der Waals surface area contributed by atoms with E-state index in [9.17, 15) is 4.39 Å². The molecular formula is C16H24FNO. The first kappa shape index (κ1) is 14.5. The quantitative estimate of drug-likeness (QED) is 0.905.